The van der Waals surface area contributed by atoms with Crippen LogP contribution in [-0.4, -0.2) is 28.9 Å². The first-order valence-electron chi connectivity index (χ1n) is 5.19. The van der Waals surface area contributed by atoms with E-state index >= 15 is 0 Å². The molecule has 1 aliphatic rings. The van der Waals surface area contributed by atoms with Crippen molar-refractivity contribution in [2.45, 2.75) is 6.42 Å². The lowest BCUT2D eigenvalue weighted by atomic mass is 10.1. The molecule has 0 bridgehead atoms. The van der Waals surface area contributed by atoms with Crippen LogP contribution in [0, 0.1) is 10.1 Å². The first kappa shape index (κ1) is 11.3. The van der Waals surface area contributed by atoms with E-state index in [1.54, 1.807) is 0 Å². The minimum Gasteiger partial charge on any atom is -0.398 e. The smallest absolute Gasteiger partial charge is 0.270 e. The Bertz CT molecular complexity index is 469. The molecule has 7 nitrogen and oxygen atoms in total. The molecule has 0 radical (unpaired) electrons. The van der Waals surface area contributed by atoms with E-state index in [1.165, 1.54) is 23.2 Å². The molecule has 3 N–H and O–H groups in total. The van der Waals surface area contributed by atoms with Crippen LogP contribution >= 0.6 is 0 Å². The Morgan fingerprint density at radius 2 is 2.29 bits per heavy atom. The Labute approximate surface area is 97.3 Å². The van der Waals surface area contributed by atoms with E-state index in [-0.39, 0.29) is 22.8 Å². The monoisotopic (exact) mass is 236 g/mol. The van der Waals surface area contributed by atoms with Gasteiger partial charge in [-0.3, -0.25) is 19.9 Å². The van der Waals surface area contributed by atoms with Crippen LogP contribution in [0.4, 0.5) is 11.4 Å². The summed E-state index contributed by atoms with van der Waals surface area (Å²) >= 11 is 0. The molecule has 0 spiro atoms. The number of carbonyl (C=O) groups is 1. The molecule has 1 heterocycles. The van der Waals surface area contributed by atoms with Gasteiger partial charge in [0.15, 0.2) is 0 Å². The van der Waals surface area contributed by atoms with Gasteiger partial charge in [-0.25, -0.2) is 5.43 Å². The molecule has 1 aromatic rings. The summed E-state index contributed by atoms with van der Waals surface area (Å²) in [6.07, 6.45) is 0.862. The highest BCUT2D eigenvalue weighted by molar-refractivity contribution is 5.99. The molecule has 0 saturated carbocycles. The number of hydrogen-bond acceptors (Lipinski definition) is 5. The van der Waals surface area contributed by atoms with E-state index < -0.39 is 4.92 Å². The van der Waals surface area contributed by atoms with Crippen molar-refractivity contribution in [2.75, 3.05) is 18.8 Å². The number of hydrazine groups is 1. The SMILES string of the molecule is Nc1ccc([N+](=O)[O-])cc1C(=O)N1CCCN1. The molecule has 7 heteroatoms. The lowest BCUT2D eigenvalue weighted by molar-refractivity contribution is -0.384. The highest BCUT2D eigenvalue weighted by Gasteiger charge is 2.23. The number of anilines is 1. The summed E-state index contributed by atoms with van der Waals surface area (Å²) in [5.41, 5.74) is 8.82. The van der Waals surface area contributed by atoms with Gasteiger partial charge in [0, 0.05) is 30.9 Å². The van der Waals surface area contributed by atoms with Crippen molar-refractivity contribution in [2.24, 2.45) is 0 Å². The van der Waals surface area contributed by atoms with Gasteiger partial charge >= 0.3 is 0 Å². The summed E-state index contributed by atoms with van der Waals surface area (Å²) in [6, 6.07) is 3.86. The third-order valence-electron chi connectivity index (χ3n) is 2.58. The average molecular weight is 236 g/mol. The second kappa shape index (κ2) is 4.38. The fourth-order valence-corrected chi connectivity index (χ4v) is 1.69. The summed E-state index contributed by atoms with van der Waals surface area (Å²) < 4.78 is 0. The molecule has 0 aliphatic carbocycles. The predicted molar refractivity (Wildman–Crippen MR) is 61.2 cm³/mol. The number of nitro benzene ring substituents is 1. The maximum atomic E-state index is 12.0. The fourth-order valence-electron chi connectivity index (χ4n) is 1.69. The predicted octanol–water partition coefficient (Wildman–Crippen LogP) is 0.527. The van der Waals surface area contributed by atoms with E-state index in [1.807, 2.05) is 0 Å². The van der Waals surface area contributed by atoms with Gasteiger partial charge in [-0.15, -0.1) is 0 Å². The molecular weight excluding hydrogens is 224 g/mol. The molecule has 1 amide bonds. The van der Waals surface area contributed by atoms with Crippen molar-refractivity contribution in [3.05, 3.63) is 33.9 Å². The molecule has 90 valence electrons. The summed E-state index contributed by atoms with van der Waals surface area (Å²) in [5, 5.41) is 12.1. The number of nitrogens with one attached hydrogen (secondary N) is 1. The number of carbonyl (C=O) groups excluding carboxylic acids is 1. The van der Waals surface area contributed by atoms with Crippen molar-refractivity contribution in [1.29, 1.82) is 0 Å². The number of nitro groups is 1. The van der Waals surface area contributed by atoms with Crippen molar-refractivity contribution in [3.8, 4) is 0 Å². The Balaban J connectivity index is 2.32. The number of rotatable bonds is 2. The topological polar surface area (TPSA) is 101 Å². The number of hydrogen-bond donors (Lipinski definition) is 2. The van der Waals surface area contributed by atoms with E-state index in [0.29, 0.717) is 6.54 Å². The first-order chi connectivity index (χ1) is 8.09. The lowest BCUT2D eigenvalue weighted by Gasteiger charge is -2.16. The van der Waals surface area contributed by atoms with Crippen LogP contribution in [0.1, 0.15) is 16.8 Å². The second-order valence-corrected chi connectivity index (χ2v) is 3.75. The molecule has 1 aromatic carbocycles. The minimum absolute atomic E-state index is 0.137. The van der Waals surface area contributed by atoms with Crippen molar-refractivity contribution in [1.82, 2.24) is 10.4 Å². The zero-order valence-electron chi connectivity index (χ0n) is 9.05. The Morgan fingerprint density at radius 1 is 1.53 bits per heavy atom. The number of nitrogens with two attached hydrogens (primary N) is 1. The van der Waals surface area contributed by atoms with Gasteiger partial charge in [-0.2, -0.15) is 0 Å². The second-order valence-electron chi connectivity index (χ2n) is 3.75. The molecule has 0 aromatic heterocycles. The van der Waals surface area contributed by atoms with Gasteiger partial charge in [0.25, 0.3) is 11.6 Å². The Morgan fingerprint density at radius 3 is 2.88 bits per heavy atom. The summed E-state index contributed by atoms with van der Waals surface area (Å²) in [7, 11) is 0. The van der Waals surface area contributed by atoms with E-state index in [2.05, 4.69) is 5.43 Å². The van der Waals surface area contributed by atoms with Gasteiger partial charge in [0.05, 0.1) is 10.5 Å². The Hall–Kier alpha value is -2.15. The van der Waals surface area contributed by atoms with Gasteiger partial charge in [-0.05, 0) is 12.5 Å². The quantitative estimate of drug-likeness (QED) is 0.443. The number of nitrogen functional groups attached to an aromatic ring is 1. The zero-order valence-corrected chi connectivity index (χ0v) is 9.05. The fraction of sp³-hybridized carbons (Fsp3) is 0.300. The average Bonchev–Trinajstić information content (AvgIpc) is 2.81. The molecular formula is C10H12N4O3. The van der Waals surface area contributed by atoms with Crippen LogP contribution in [-0.2, 0) is 0 Å². The van der Waals surface area contributed by atoms with Crippen LogP contribution < -0.4 is 11.2 Å². The van der Waals surface area contributed by atoms with Crippen molar-refractivity contribution in [3.63, 3.8) is 0 Å². The van der Waals surface area contributed by atoms with E-state index in [9.17, 15) is 14.9 Å². The number of amides is 1. The van der Waals surface area contributed by atoms with Crippen LogP contribution in [0.25, 0.3) is 0 Å². The van der Waals surface area contributed by atoms with E-state index in [4.69, 9.17) is 5.73 Å². The molecule has 1 aliphatic heterocycles. The van der Waals surface area contributed by atoms with Crippen molar-refractivity contribution >= 4 is 17.3 Å². The summed E-state index contributed by atoms with van der Waals surface area (Å²) in [4.78, 5) is 22.1. The van der Waals surface area contributed by atoms with Gasteiger partial charge in [0.2, 0.25) is 0 Å². The Kier molecular flexibility index (Phi) is 2.92. The maximum absolute atomic E-state index is 12.0. The van der Waals surface area contributed by atoms with Crippen LogP contribution in [0.5, 0.6) is 0 Å². The highest BCUT2D eigenvalue weighted by atomic mass is 16.6. The van der Waals surface area contributed by atoms with Gasteiger partial charge in [0.1, 0.15) is 0 Å². The number of non-ortho nitro benzene ring substituents is 1. The third kappa shape index (κ3) is 2.18. The van der Waals surface area contributed by atoms with Crippen LogP contribution in [0.3, 0.4) is 0 Å². The lowest BCUT2D eigenvalue weighted by Crippen LogP contribution is -2.37. The number of benzene rings is 1. The highest BCUT2D eigenvalue weighted by Crippen LogP contribution is 2.21. The maximum Gasteiger partial charge on any atom is 0.270 e. The standard InChI is InChI=1S/C10H12N4O3/c11-9-3-2-7(14(16)17)6-8(9)10(15)13-5-1-4-12-13/h2-3,6,12H,1,4-5,11H2. The molecule has 1 saturated heterocycles. The molecule has 17 heavy (non-hydrogen) atoms. The number of nitrogens with zero attached hydrogens (tertiary/aromatic N) is 2. The van der Waals surface area contributed by atoms with Gasteiger partial charge in [-0.1, -0.05) is 0 Å². The largest absolute Gasteiger partial charge is 0.398 e. The van der Waals surface area contributed by atoms with E-state index in [0.717, 1.165) is 13.0 Å². The summed E-state index contributed by atoms with van der Waals surface area (Å²) in [5.74, 6) is -0.330. The molecule has 2 rings (SSSR count). The minimum atomic E-state index is -0.548. The molecule has 1 fully saturated rings. The third-order valence-corrected chi connectivity index (χ3v) is 2.58. The zero-order chi connectivity index (χ0) is 12.4. The van der Waals surface area contributed by atoms with Crippen LogP contribution in [0.2, 0.25) is 0 Å². The molecule has 0 unspecified atom stereocenters. The first-order valence-corrected chi connectivity index (χ1v) is 5.19. The summed E-state index contributed by atoms with van der Waals surface area (Å²) in [6.45, 7) is 1.31. The van der Waals surface area contributed by atoms with Crippen molar-refractivity contribution < 1.29 is 9.72 Å². The molecule has 0 atom stereocenters. The van der Waals surface area contributed by atoms with Gasteiger partial charge < -0.3 is 5.73 Å². The normalized spacial score (nSPS) is 14.9. The van der Waals surface area contributed by atoms with Crippen LogP contribution in [0.15, 0.2) is 18.2 Å².